The van der Waals surface area contributed by atoms with Gasteiger partial charge in [0, 0.05) is 6.07 Å². The second-order valence-electron chi connectivity index (χ2n) is 4.43. The van der Waals surface area contributed by atoms with Crippen LogP contribution in [0, 0.1) is 11.7 Å². The maximum atomic E-state index is 13.1. The van der Waals surface area contributed by atoms with Gasteiger partial charge in [-0.15, -0.1) is 0 Å². The minimum absolute atomic E-state index is 0.134. The Morgan fingerprint density at radius 1 is 1.47 bits per heavy atom. The average Bonchev–Trinajstić information content (AvgIpc) is 2.82. The lowest BCUT2D eigenvalue weighted by molar-refractivity contribution is 0.293. The summed E-state index contributed by atoms with van der Waals surface area (Å²) < 4.78 is 18.6. The lowest BCUT2D eigenvalue weighted by Crippen LogP contribution is -2.10. The van der Waals surface area contributed by atoms with Crippen molar-refractivity contribution in [1.29, 1.82) is 0 Å². The molecular weight excluding hydrogens is 241 g/mol. The molecule has 4 heteroatoms. The Bertz CT molecular complexity index is 366. The summed E-state index contributed by atoms with van der Waals surface area (Å²) in [6, 6.07) is 4.55. The van der Waals surface area contributed by atoms with Crippen molar-refractivity contribution in [2.45, 2.75) is 19.3 Å². The first kappa shape index (κ1) is 12.7. The lowest BCUT2D eigenvalue weighted by Gasteiger charge is -2.09. The summed E-state index contributed by atoms with van der Waals surface area (Å²) in [6.45, 7) is 2.89. The average molecular weight is 258 g/mol. The maximum absolute atomic E-state index is 13.1. The SMILES string of the molecule is Fc1cc(OCCCC2CCNC2)ccc1Cl. The van der Waals surface area contributed by atoms with Crippen molar-refractivity contribution in [2.75, 3.05) is 19.7 Å². The number of hydrogen-bond donors (Lipinski definition) is 1. The summed E-state index contributed by atoms with van der Waals surface area (Å²) in [5.74, 6) is 0.904. The molecule has 1 heterocycles. The quantitative estimate of drug-likeness (QED) is 0.818. The second-order valence-corrected chi connectivity index (χ2v) is 4.83. The van der Waals surface area contributed by atoms with Gasteiger partial charge in [-0.05, 0) is 50.4 Å². The van der Waals surface area contributed by atoms with E-state index in [0.29, 0.717) is 12.4 Å². The third-order valence-corrected chi connectivity index (χ3v) is 3.39. The van der Waals surface area contributed by atoms with E-state index in [4.69, 9.17) is 16.3 Å². The predicted octanol–water partition coefficient (Wildman–Crippen LogP) is 3.25. The molecule has 1 aliphatic rings. The van der Waals surface area contributed by atoms with Crippen molar-refractivity contribution < 1.29 is 9.13 Å². The number of ether oxygens (including phenoxy) is 1. The van der Waals surface area contributed by atoms with Gasteiger partial charge < -0.3 is 10.1 Å². The van der Waals surface area contributed by atoms with Crippen LogP contribution in [0.2, 0.25) is 5.02 Å². The van der Waals surface area contributed by atoms with E-state index in [-0.39, 0.29) is 5.02 Å². The second kappa shape index (κ2) is 6.22. The van der Waals surface area contributed by atoms with Gasteiger partial charge in [0.1, 0.15) is 11.6 Å². The van der Waals surface area contributed by atoms with Crippen LogP contribution < -0.4 is 10.1 Å². The molecule has 2 rings (SSSR count). The summed E-state index contributed by atoms with van der Waals surface area (Å²) in [6.07, 6.45) is 3.44. The summed E-state index contributed by atoms with van der Waals surface area (Å²) in [4.78, 5) is 0. The molecule has 1 aromatic rings. The Morgan fingerprint density at radius 3 is 3.06 bits per heavy atom. The van der Waals surface area contributed by atoms with Gasteiger partial charge in [-0.2, -0.15) is 0 Å². The van der Waals surface area contributed by atoms with Crippen molar-refractivity contribution in [3.63, 3.8) is 0 Å². The zero-order chi connectivity index (χ0) is 12.1. The van der Waals surface area contributed by atoms with Crippen LogP contribution in [0.4, 0.5) is 4.39 Å². The third kappa shape index (κ3) is 3.86. The number of rotatable bonds is 5. The Labute approximate surface area is 106 Å². The van der Waals surface area contributed by atoms with Gasteiger partial charge in [0.15, 0.2) is 0 Å². The molecule has 1 aromatic carbocycles. The van der Waals surface area contributed by atoms with Crippen molar-refractivity contribution in [3.05, 3.63) is 29.0 Å². The van der Waals surface area contributed by atoms with E-state index >= 15 is 0 Å². The zero-order valence-corrected chi connectivity index (χ0v) is 10.5. The van der Waals surface area contributed by atoms with Gasteiger partial charge in [-0.3, -0.25) is 0 Å². The minimum atomic E-state index is -0.427. The van der Waals surface area contributed by atoms with Crippen LogP contribution >= 0.6 is 11.6 Å². The van der Waals surface area contributed by atoms with Crippen LogP contribution in [0.25, 0.3) is 0 Å². The van der Waals surface area contributed by atoms with E-state index in [9.17, 15) is 4.39 Å². The molecule has 0 saturated carbocycles. The zero-order valence-electron chi connectivity index (χ0n) is 9.72. The van der Waals surface area contributed by atoms with E-state index in [0.717, 1.165) is 25.4 Å². The Balaban J connectivity index is 1.68. The Hall–Kier alpha value is -0.800. The van der Waals surface area contributed by atoms with Gasteiger partial charge in [-0.25, -0.2) is 4.39 Å². The fourth-order valence-electron chi connectivity index (χ4n) is 2.09. The van der Waals surface area contributed by atoms with Crippen LogP contribution in [0.3, 0.4) is 0 Å². The molecule has 0 bridgehead atoms. The standard InChI is InChI=1S/C13H17ClFNO/c14-12-4-3-11(8-13(12)15)17-7-1-2-10-5-6-16-9-10/h3-4,8,10,16H,1-2,5-7,9H2. The first-order valence-electron chi connectivity index (χ1n) is 6.04. The molecule has 0 aromatic heterocycles. The maximum Gasteiger partial charge on any atom is 0.145 e. The van der Waals surface area contributed by atoms with E-state index in [1.807, 2.05) is 0 Å². The molecule has 94 valence electrons. The van der Waals surface area contributed by atoms with Gasteiger partial charge in [-0.1, -0.05) is 11.6 Å². The largest absolute Gasteiger partial charge is 0.493 e. The van der Waals surface area contributed by atoms with Crippen LogP contribution in [-0.2, 0) is 0 Å². The Morgan fingerprint density at radius 2 is 2.35 bits per heavy atom. The Kier molecular flexibility index (Phi) is 4.63. The molecule has 0 radical (unpaired) electrons. The highest BCUT2D eigenvalue weighted by atomic mass is 35.5. The number of hydrogen-bond acceptors (Lipinski definition) is 2. The van der Waals surface area contributed by atoms with E-state index < -0.39 is 5.82 Å². The molecule has 0 spiro atoms. The highest BCUT2D eigenvalue weighted by Crippen LogP contribution is 2.21. The number of nitrogens with one attached hydrogen (secondary N) is 1. The fraction of sp³-hybridized carbons (Fsp3) is 0.538. The van der Waals surface area contributed by atoms with Gasteiger partial charge in [0.05, 0.1) is 11.6 Å². The summed E-state index contributed by atoms with van der Waals surface area (Å²) in [7, 11) is 0. The normalized spacial score (nSPS) is 19.5. The third-order valence-electron chi connectivity index (χ3n) is 3.08. The molecule has 2 nitrogen and oxygen atoms in total. The summed E-state index contributed by atoms with van der Waals surface area (Å²) in [5.41, 5.74) is 0. The highest BCUT2D eigenvalue weighted by Gasteiger charge is 2.13. The monoisotopic (exact) mass is 257 g/mol. The smallest absolute Gasteiger partial charge is 0.145 e. The summed E-state index contributed by atoms with van der Waals surface area (Å²) >= 11 is 5.59. The molecule has 0 aliphatic carbocycles. The molecule has 1 aliphatic heterocycles. The van der Waals surface area contributed by atoms with Crippen molar-refractivity contribution in [1.82, 2.24) is 5.32 Å². The van der Waals surface area contributed by atoms with Gasteiger partial charge in [0.25, 0.3) is 0 Å². The fourth-order valence-corrected chi connectivity index (χ4v) is 2.21. The topological polar surface area (TPSA) is 21.3 Å². The van der Waals surface area contributed by atoms with E-state index in [1.54, 1.807) is 6.07 Å². The lowest BCUT2D eigenvalue weighted by atomic mass is 10.0. The first-order valence-corrected chi connectivity index (χ1v) is 6.42. The van der Waals surface area contributed by atoms with Crippen LogP contribution in [0.15, 0.2) is 18.2 Å². The van der Waals surface area contributed by atoms with Crippen molar-refractivity contribution in [2.24, 2.45) is 5.92 Å². The molecule has 0 amide bonds. The van der Waals surface area contributed by atoms with Gasteiger partial charge in [0.2, 0.25) is 0 Å². The molecule has 1 unspecified atom stereocenters. The first-order chi connectivity index (χ1) is 8.25. The molecule has 1 saturated heterocycles. The van der Waals surface area contributed by atoms with Crippen LogP contribution in [0.1, 0.15) is 19.3 Å². The minimum Gasteiger partial charge on any atom is -0.493 e. The van der Waals surface area contributed by atoms with Crippen LogP contribution in [0.5, 0.6) is 5.75 Å². The van der Waals surface area contributed by atoms with E-state index in [2.05, 4.69) is 5.32 Å². The molecule has 17 heavy (non-hydrogen) atoms. The highest BCUT2D eigenvalue weighted by molar-refractivity contribution is 6.30. The van der Waals surface area contributed by atoms with Crippen LogP contribution in [-0.4, -0.2) is 19.7 Å². The molecule has 1 N–H and O–H groups in total. The summed E-state index contributed by atoms with van der Waals surface area (Å²) in [5, 5.41) is 3.47. The molecular formula is C13H17ClFNO. The van der Waals surface area contributed by atoms with Crippen molar-refractivity contribution in [3.8, 4) is 5.75 Å². The molecule has 1 fully saturated rings. The van der Waals surface area contributed by atoms with Gasteiger partial charge >= 0.3 is 0 Å². The molecule has 1 atom stereocenters. The number of halogens is 2. The predicted molar refractivity (Wildman–Crippen MR) is 67.1 cm³/mol. The van der Waals surface area contributed by atoms with E-state index in [1.165, 1.54) is 25.0 Å². The number of benzene rings is 1. The van der Waals surface area contributed by atoms with Crippen molar-refractivity contribution >= 4 is 11.6 Å².